The summed E-state index contributed by atoms with van der Waals surface area (Å²) in [4.78, 5) is 24.8. The standard InChI is InChI=1S/C13H16N2O3/c1-8(7-16)15(2)13(18)10-4-3-9-6-12(17)14-11(9)5-10/h3-5,8,16H,6-7H2,1-2H3,(H,14,17). The normalized spacial score (nSPS) is 14.9. The molecule has 1 aliphatic rings. The summed E-state index contributed by atoms with van der Waals surface area (Å²) in [5.41, 5.74) is 2.13. The number of carbonyl (C=O) groups excluding carboxylic acids is 2. The molecular formula is C13H16N2O3. The summed E-state index contributed by atoms with van der Waals surface area (Å²) in [6, 6.07) is 4.95. The van der Waals surface area contributed by atoms with Gasteiger partial charge >= 0.3 is 0 Å². The first kappa shape index (κ1) is 12.6. The molecule has 1 aromatic carbocycles. The van der Waals surface area contributed by atoms with Gasteiger partial charge in [-0.05, 0) is 24.6 Å². The van der Waals surface area contributed by atoms with Gasteiger partial charge in [0.2, 0.25) is 5.91 Å². The van der Waals surface area contributed by atoms with Crippen LogP contribution in [0.5, 0.6) is 0 Å². The maximum atomic E-state index is 12.1. The Morgan fingerprint density at radius 1 is 1.56 bits per heavy atom. The molecule has 1 atom stereocenters. The third-order valence-corrected chi connectivity index (χ3v) is 3.23. The van der Waals surface area contributed by atoms with Gasteiger partial charge in [-0.25, -0.2) is 0 Å². The molecule has 2 amide bonds. The van der Waals surface area contributed by atoms with Crippen molar-refractivity contribution in [1.82, 2.24) is 4.90 Å². The van der Waals surface area contributed by atoms with E-state index in [2.05, 4.69) is 5.32 Å². The van der Waals surface area contributed by atoms with E-state index in [1.165, 1.54) is 4.90 Å². The molecule has 0 aliphatic carbocycles. The minimum atomic E-state index is -0.236. The van der Waals surface area contributed by atoms with Crippen molar-refractivity contribution in [2.75, 3.05) is 19.0 Å². The monoisotopic (exact) mass is 248 g/mol. The van der Waals surface area contributed by atoms with Gasteiger partial charge in [-0.15, -0.1) is 0 Å². The van der Waals surface area contributed by atoms with Crippen molar-refractivity contribution < 1.29 is 14.7 Å². The number of benzene rings is 1. The maximum Gasteiger partial charge on any atom is 0.253 e. The van der Waals surface area contributed by atoms with Crippen molar-refractivity contribution in [1.29, 1.82) is 0 Å². The molecular weight excluding hydrogens is 232 g/mol. The summed E-state index contributed by atoms with van der Waals surface area (Å²) in [6.07, 6.45) is 0.368. The van der Waals surface area contributed by atoms with Gasteiger partial charge < -0.3 is 15.3 Å². The first-order valence-electron chi connectivity index (χ1n) is 5.83. The predicted molar refractivity (Wildman–Crippen MR) is 67.4 cm³/mol. The van der Waals surface area contributed by atoms with Crippen LogP contribution in [0.25, 0.3) is 0 Å². The van der Waals surface area contributed by atoms with Crippen LogP contribution in [0.15, 0.2) is 18.2 Å². The van der Waals surface area contributed by atoms with E-state index < -0.39 is 0 Å². The molecule has 0 bridgehead atoms. The lowest BCUT2D eigenvalue weighted by Gasteiger charge is -2.23. The summed E-state index contributed by atoms with van der Waals surface area (Å²) in [5.74, 6) is -0.216. The number of likely N-dealkylation sites (N-methyl/N-ethyl adjacent to an activating group) is 1. The molecule has 0 saturated heterocycles. The Hall–Kier alpha value is -1.88. The number of nitrogens with one attached hydrogen (secondary N) is 1. The van der Waals surface area contributed by atoms with E-state index in [0.717, 1.165) is 5.56 Å². The molecule has 0 spiro atoms. The Morgan fingerprint density at radius 2 is 2.28 bits per heavy atom. The summed E-state index contributed by atoms with van der Waals surface area (Å²) in [6.45, 7) is 1.69. The van der Waals surface area contributed by atoms with E-state index in [4.69, 9.17) is 5.11 Å². The predicted octanol–water partition coefficient (Wildman–Crippen LogP) is 0.634. The van der Waals surface area contributed by atoms with Crippen LogP contribution in [-0.2, 0) is 11.2 Å². The molecule has 1 unspecified atom stereocenters. The second-order valence-electron chi connectivity index (χ2n) is 4.54. The van der Waals surface area contributed by atoms with Crippen molar-refractivity contribution in [2.24, 2.45) is 0 Å². The van der Waals surface area contributed by atoms with Crippen molar-refractivity contribution >= 4 is 17.5 Å². The Morgan fingerprint density at radius 3 is 2.94 bits per heavy atom. The van der Waals surface area contributed by atoms with Crippen LogP contribution in [0.1, 0.15) is 22.8 Å². The first-order chi connectivity index (χ1) is 8.52. The van der Waals surface area contributed by atoms with Crippen molar-refractivity contribution in [3.8, 4) is 0 Å². The van der Waals surface area contributed by atoms with Crippen LogP contribution < -0.4 is 5.32 Å². The number of hydrogen-bond acceptors (Lipinski definition) is 3. The minimum Gasteiger partial charge on any atom is -0.394 e. The molecule has 2 rings (SSSR count). The fourth-order valence-electron chi connectivity index (χ4n) is 1.87. The molecule has 5 heteroatoms. The number of anilines is 1. The molecule has 0 aromatic heterocycles. The average Bonchev–Trinajstić information content (AvgIpc) is 2.74. The third-order valence-electron chi connectivity index (χ3n) is 3.23. The van der Waals surface area contributed by atoms with Gasteiger partial charge in [0, 0.05) is 18.3 Å². The van der Waals surface area contributed by atoms with Crippen LogP contribution in [-0.4, -0.2) is 41.5 Å². The second-order valence-corrected chi connectivity index (χ2v) is 4.54. The maximum absolute atomic E-state index is 12.1. The number of hydrogen-bond donors (Lipinski definition) is 2. The molecule has 0 fully saturated rings. The van der Waals surface area contributed by atoms with E-state index in [0.29, 0.717) is 17.7 Å². The SMILES string of the molecule is CC(CO)N(C)C(=O)c1ccc2c(c1)NC(=O)C2. The number of rotatable bonds is 3. The number of fused-ring (bicyclic) bond motifs is 1. The molecule has 18 heavy (non-hydrogen) atoms. The second kappa shape index (κ2) is 4.78. The van der Waals surface area contributed by atoms with Crippen LogP contribution in [0, 0.1) is 0 Å². The first-order valence-corrected chi connectivity index (χ1v) is 5.83. The molecule has 1 aromatic rings. The van der Waals surface area contributed by atoms with Crippen LogP contribution in [0.3, 0.4) is 0 Å². The lowest BCUT2D eigenvalue weighted by molar-refractivity contribution is -0.115. The molecule has 2 N–H and O–H groups in total. The highest BCUT2D eigenvalue weighted by Gasteiger charge is 2.21. The van der Waals surface area contributed by atoms with Gasteiger partial charge in [0.15, 0.2) is 0 Å². The Kier molecular flexibility index (Phi) is 3.34. The number of aliphatic hydroxyl groups excluding tert-OH is 1. The van der Waals surface area contributed by atoms with Crippen LogP contribution >= 0.6 is 0 Å². The Balaban J connectivity index is 2.23. The molecule has 96 valence electrons. The average molecular weight is 248 g/mol. The molecule has 0 saturated carbocycles. The third kappa shape index (κ3) is 2.22. The number of aliphatic hydroxyl groups is 1. The number of amides is 2. The molecule has 5 nitrogen and oxygen atoms in total. The summed E-state index contributed by atoms with van der Waals surface area (Å²) in [5, 5.41) is 11.8. The topological polar surface area (TPSA) is 69.6 Å². The Bertz CT molecular complexity index is 499. The van der Waals surface area contributed by atoms with Gasteiger partial charge in [-0.3, -0.25) is 9.59 Å². The van der Waals surface area contributed by atoms with Gasteiger partial charge in [0.05, 0.1) is 19.1 Å². The van der Waals surface area contributed by atoms with E-state index in [1.54, 1.807) is 32.2 Å². The highest BCUT2D eigenvalue weighted by Crippen LogP contribution is 2.24. The summed E-state index contributed by atoms with van der Waals surface area (Å²) >= 11 is 0. The van der Waals surface area contributed by atoms with E-state index >= 15 is 0 Å². The zero-order valence-corrected chi connectivity index (χ0v) is 10.4. The van der Waals surface area contributed by atoms with Crippen molar-refractivity contribution in [3.05, 3.63) is 29.3 Å². The van der Waals surface area contributed by atoms with Crippen molar-refractivity contribution in [3.63, 3.8) is 0 Å². The smallest absolute Gasteiger partial charge is 0.253 e. The van der Waals surface area contributed by atoms with Crippen LogP contribution in [0.4, 0.5) is 5.69 Å². The molecule has 1 aliphatic heterocycles. The fourth-order valence-corrected chi connectivity index (χ4v) is 1.87. The largest absolute Gasteiger partial charge is 0.394 e. The van der Waals surface area contributed by atoms with Gasteiger partial charge in [-0.2, -0.15) is 0 Å². The molecule has 0 radical (unpaired) electrons. The minimum absolute atomic E-state index is 0.0494. The van der Waals surface area contributed by atoms with E-state index in [1.807, 2.05) is 0 Å². The van der Waals surface area contributed by atoms with Crippen LogP contribution in [0.2, 0.25) is 0 Å². The van der Waals surface area contributed by atoms with Gasteiger partial charge in [0.25, 0.3) is 5.91 Å². The Labute approximate surface area is 105 Å². The zero-order valence-electron chi connectivity index (χ0n) is 10.4. The number of nitrogens with zero attached hydrogens (tertiary/aromatic N) is 1. The highest BCUT2D eigenvalue weighted by molar-refractivity contribution is 6.02. The van der Waals surface area contributed by atoms with Gasteiger partial charge in [-0.1, -0.05) is 6.07 Å². The van der Waals surface area contributed by atoms with Crippen molar-refractivity contribution in [2.45, 2.75) is 19.4 Å². The van der Waals surface area contributed by atoms with E-state index in [9.17, 15) is 9.59 Å². The highest BCUT2D eigenvalue weighted by atomic mass is 16.3. The van der Waals surface area contributed by atoms with Gasteiger partial charge in [0.1, 0.15) is 0 Å². The lowest BCUT2D eigenvalue weighted by Crippen LogP contribution is -2.37. The fraction of sp³-hybridized carbons (Fsp3) is 0.385. The van der Waals surface area contributed by atoms with E-state index in [-0.39, 0.29) is 24.5 Å². The summed E-state index contributed by atoms with van der Waals surface area (Å²) < 4.78 is 0. The molecule has 1 heterocycles. The quantitative estimate of drug-likeness (QED) is 0.824. The lowest BCUT2D eigenvalue weighted by atomic mass is 10.1. The summed E-state index contributed by atoms with van der Waals surface area (Å²) in [7, 11) is 1.65. The zero-order chi connectivity index (χ0) is 13.3. The number of carbonyl (C=O) groups is 2.